The summed E-state index contributed by atoms with van der Waals surface area (Å²) >= 11 is 0. The normalized spacial score (nSPS) is 19.4. The predicted octanol–water partition coefficient (Wildman–Crippen LogP) is 5.15. The number of ether oxygens (including phenoxy) is 2. The lowest BCUT2D eigenvalue weighted by atomic mass is 9.96. The van der Waals surface area contributed by atoms with E-state index in [-0.39, 0.29) is 17.9 Å². The lowest BCUT2D eigenvalue weighted by Gasteiger charge is -2.33. The molecule has 5 rings (SSSR count). The molecule has 0 radical (unpaired) electrons. The van der Waals surface area contributed by atoms with E-state index in [2.05, 4.69) is 10.4 Å². The van der Waals surface area contributed by atoms with Crippen molar-refractivity contribution in [3.05, 3.63) is 65.4 Å². The van der Waals surface area contributed by atoms with Crippen molar-refractivity contribution in [3.63, 3.8) is 0 Å². The van der Waals surface area contributed by atoms with Crippen molar-refractivity contribution in [2.75, 3.05) is 31.0 Å². The van der Waals surface area contributed by atoms with Gasteiger partial charge in [-0.25, -0.2) is 4.68 Å². The Hall–Kier alpha value is -3.69. The topological polar surface area (TPSA) is 68.6 Å². The quantitative estimate of drug-likeness (QED) is 0.552. The largest absolute Gasteiger partial charge is 0.493 e. The van der Waals surface area contributed by atoms with E-state index in [1.54, 1.807) is 23.1 Å². The van der Waals surface area contributed by atoms with Crippen LogP contribution in [0.2, 0.25) is 0 Å². The Labute approximate surface area is 200 Å². The molecule has 3 aromatic rings. The fraction of sp³-hybridized carbons (Fsp3) is 0.360. The SMILES string of the molecule is COc1ccc([C@@H]2C[C@@H](C(F)(F)F)n3nc(C(=O)N4CCCc5ccccc54)cc3N2)cc1OC. The van der Waals surface area contributed by atoms with Crippen LogP contribution in [-0.2, 0) is 6.42 Å². The van der Waals surface area contributed by atoms with Gasteiger partial charge in [-0.2, -0.15) is 18.3 Å². The molecule has 184 valence electrons. The molecule has 0 bridgehead atoms. The van der Waals surface area contributed by atoms with E-state index in [1.165, 1.54) is 20.3 Å². The summed E-state index contributed by atoms with van der Waals surface area (Å²) in [5, 5.41) is 7.27. The van der Waals surface area contributed by atoms with Gasteiger partial charge in [0.05, 0.1) is 20.3 Å². The van der Waals surface area contributed by atoms with Crippen LogP contribution in [-0.4, -0.2) is 42.6 Å². The van der Waals surface area contributed by atoms with Crippen LogP contribution in [0.15, 0.2) is 48.5 Å². The van der Waals surface area contributed by atoms with Crippen molar-refractivity contribution in [1.29, 1.82) is 0 Å². The van der Waals surface area contributed by atoms with Crippen LogP contribution in [0, 0.1) is 0 Å². The molecule has 0 saturated carbocycles. The highest BCUT2D eigenvalue weighted by Gasteiger charge is 2.47. The number of hydrogen-bond donors (Lipinski definition) is 1. The summed E-state index contributed by atoms with van der Waals surface area (Å²) in [7, 11) is 2.97. The average molecular weight is 486 g/mol. The van der Waals surface area contributed by atoms with Gasteiger partial charge >= 0.3 is 6.18 Å². The van der Waals surface area contributed by atoms with E-state index in [1.807, 2.05) is 24.3 Å². The molecule has 1 N–H and O–H groups in total. The smallest absolute Gasteiger partial charge is 0.410 e. The van der Waals surface area contributed by atoms with E-state index in [0.717, 1.165) is 28.8 Å². The number of carbonyl (C=O) groups is 1. The minimum Gasteiger partial charge on any atom is -0.493 e. The Morgan fingerprint density at radius 1 is 1.09 bits per heavy atom. The van der Waals surface area contributed by atoms with Crippen molar-refractivity contribution in [3.8, 4) is 11.5 Å². The number of alkyl halides is 3. The van der Waals surface area contributed by atoms with Crippen molar-refractivity contribution in [2.45, 2.75) is 37.5 Å². The third-order valence-corrected chi connectivity index (χ3v) is 6.57. The number of aromatic nitrogens is 2. The van der Waals surface area contributed by atoms with Gasteiger partial charge in [0.1, 0.15) is 5.82 Å². The number of halogens is 3. The van der Waals surface area contributed by atoms with E-state index >= 15 is 0 Å². The van der Waals surface area contributed by atoms with Gasteiger partial charge in [0.25, 0.3) is 5.91 Å². The standard InChI is InChI=1S/C25H25F3N4O3/c1-34-20-10-9-16(12-21(20)35-2)17-13-22(25(26,27)28)32-23(29-17)14-18(30-32)24(33)31-11-5-7-15-6-3-4-8-19(15)31/h3-4,6,8-10,12,14,17,22,29H,5,7,11,13H2,1-2H3/t17-,22-/m0/s1. The first-order valence-corrected chi connectivity index (χ1v) is 11.3. The third kappa shape index (κ3) is 4.17. The first-order chi connectivity index (χ1) is 16.8. The van der Waals surface area contributed by atoms with Gasteiger partial charge in [0.2, 0.25) is 0 Å². The molecule has 0 spiro atoms. The monoisotopic (exact) mass is 486 g/mol. The zero-order valence-corrected chi connectivity index (χ0v) is 19.3. The molecule has 1 amide bonds. The second kappa shape index (κ2) is 8.83. The third-order valence-electron chi connectivity index (χ3n) is 6.57. The summed E-state index contributed by atoms with van der Waals surface area (Å²) in [6.07, 6.45) is -3.20. The summed E-state index contributed by atoms with van der Waals surface area (Å²) in [5.41, 5.74) is 2.41. The molecular formula is C25H25F3N4O3. The number of carbonyl (C=O) groups excluding carboxylic acids is 1. The van der Waals surface area contributed by atoms with Crippen LogP contribution in [0.25, 0.3) is 0 Å². The molecule has 3 heterocycles. The Bertz CT molecular complexity index is 1260. The number of nitrogens with zero attached hydrogens (tertiary/aromatic N) is 3. The van der Waals surface area contributed by atoms with Crippen LogP contribution in [0.3, 0.4) is 0 Å². The Kier molecular flexibility index (Phi) is 5.82. The van der Waals surface area contributed by atoms with E-state index in [9.17, 15) is 18.0 Å². The van der Waals surface area contributed by atoms with E-state index < -0.39 is 24.2 Å². The molecule has 0 saturated heterocycles. The highest BCUT2D eigenvalue weighted by Crippen LogP contribution is 2.45. The second-order valence-electron chi connectivity index (χ2n) is 8.65. The van der Waals surface area contributed by atoms with Gasteiger partial charge in [-0.3, -0.25) is 4.79 Å². The minimum absolute atomic E-state index is 0.0218. The number of hydrogen-bond acceptors (Lipinski definition) is 5. The highest BCUT2D eigenvalue weighted by molar-refractivity contribution is 6.06. The lowest BCUT2D eigenvalue weighted by Crippen LogP contribution is -2.37. The van der Waals surface area contributed by atoms with Crippen molar-refractivity contribution < 1.29 is 27.4 Å². The first kappa shape index (κ1) is 23.1. The van der Waals surface area contributed by atoms with Crippen molar-refractivity contribution >= 4 is 17.4 Å². The molecule has 1 aromatic heterocycles. The Balaban J connectivity index is 1.49. The average Bonchev–Trinajstić information content (AvgIpc) is 3.30. The predicted molar refractivity (Wildman–Crippen MR) is 124 cm³/mol. The number of para-hydroxylation sites is 1. The molecule has 2 aliphatic rings. The van der Waals surface area contributed by atoms with Gasteiger partial charge < -0.3 is 19.7 Å². The van der Waals surface area contributed by atoms with Crippen molar-refractivity contribution in [1.82, 2.24) is 9.78 Å². The fourth-order valence-electron chi connectivity index (χ4n) is 4.85. The first-order valence-electron chi connectivity index (χ1n) is 11.3. The van der Waals surface area contributed by atoms with Crippen molar-refractivity contribution in [2.24, 2.45) is 0 Å². The molecule has 7 nitrogen and oxygen atoms in total. The molecule has 0 aliphatic carbocycles. The number of fused-ring (bicyclic) bond motifs is 2. The van der Waals surface area contributed by atoms with Crippen LogP contribution >= 0.6 is 0 Å². The number of rotatable bonds is 4. The van der Waals surface area contributed by atoms with Crippen LogP contribution in [0.1, 0.15) is 46.5 Å². The molecule has 2 aliphatic heterocycles. The lowest BCUT2D eigenvalue weighted by molar-refractivity contribution is -0.173. The number of methoxy groups -OCH3 is 2. The van der Waals surface area contributed by atoms with Crippen LogP contribution < -0.4 is 19.7 Å². The highest BCUT2D eigenvalue weighted by atomic mass is 19.4. The maximum atomic E-state index is 14.1. The molecule has 0 fully saturated rings. The van der Waals surface area contributed by atoms with Gasteiger partial charge in [0, 0.05) is 24.7 Å². The number of aryl methyl sites for hydroxylation is 1. The number of benzene rings is 2. The van der Waals surface area contributed by atoms with Crippen LogP contribution in [0.4, 0.5) is 24.7 Å². The Morgan fingerprint density at radius 3 is 2.60 bits per heavy atom. The molecule has 2 atom stereocenters. The fourth-order valence-corrected chi connectivity index (χ4v) is 4.85. The molecule has 10 heteroatoms. The second-order valence-corrected chi connectivity index (χ2v) is 8.65. The van der Waals surface area contributed by atoms with Crippen LogP contribution in [0.5, 0.6) is 11.5 Å². The number of nitrogens with one attached hydrogen (secondary N) is 1. The molecule has 35 heavy (non-hydrogen) atoms. The molecule has 0 unspecified atom stereocenters. The summed E-state index contributed by atoms with van der Waals surface area (Å²) in [6, 6.07) is 11.5. The van der Waals surface area contributed by atoms with Gasteiger partial charge in [-0.1, -0.05) is 24.3 Å². The van der Waals surface area contributed by atoms with E-state index in [0.29, 0.717) is 23.6 Å². The minimum atomic E-state index is -4.55. The number of anilines is 2. The zero-order valence-electron chi connectivity index (χ0n) is 19.3. The van der Waals surface area contributed by atoms with Gasteiger partial charge in [0.15, 0.2) is 23.2 Å². The Morgan fingerprint density at radius 2 is 1.86 bits per heavy atom. The zero-order chi connectivity index (χ0) is 24.7. The summed E-state index contributed by atoms with van der Waals surface area (Å²) in [6.45, 7) is 0.489. The van der Waals surface area contributed by atoms with Gasteiger partial charge in [-0.15, -0.1) is 0 Å². The molecule has 2 aromatic carbocycles. The van der Waals surface area contributed by atoms with E-state index in [4.69, 9.17) is 9.47 Å². The summed E-state index contributed by atoms with van der Waals surface area (Å²) in [4.78, 5) is 15.0. The van der Waals surface area contributed by atoms with Gasteiger partial charge in [-0.05, 0) is 42.2 Å². The summed E-state index contributed by atoms with van der Waals surface area (Å²) in [5.74, 6) is 0.643. The summed E-state index contributed by atoms with van der Waals surface area (Å²) < 4.78 is 53.8. The number of amides is 1. The molecular weight excluding hydrogens is 461 g/mol. The maximum Gasteiger partial charge on any atom is 0.410 e. The maximum absolute atomic E-state index is 14.1.